The molecule has 0 bridgehead atoms. The van der Waals surface area contributed by atoms with Crippen molar-refractivity contribution in [1.29, 1.82) is 0 Å². The Labute approximate surface area is 109 Å². The number of hydrogen-bond donors (Lipinski definition) is 2. The van der Waals surface area contributed by atoms with E-state index in [1.165, 1.54) is 12.1 Å². The zero-order valence-electron chi connectivity index (χ0n) is 10.3. The highest BCUT2D eigenvalue weighted by molar-refractivity contribution is 5.27. The summed E-state index contributed by atoms with van der Waals surface area (Å²) < 4.78 is 39.7. The highest BCUT2D eigenvalue weighted by atomic mass is 19.4. The van der Waals surface area contributed by atoms with E-state index in [0.717, 1.165) is 24.9 Å². The molecular weight excluding hydrogens is 259 g/mol. The van der Waals surface area contributed by atoms with Crippen LogP contribution in [0.3, 0.4) is 0 Å². The van der Waals surface area contributed by atoms with Gasteiger partial charge < -0.3 is 15.2 Å². The average molecular weight is 275 g/mol. The predicted octanol–water partition coefficient (Wildman–Crippen LogP) is 2.45. The predicted molar refractivity (Wildman–Crippen MR) is 63.6 cm³/mol. The van der Waals surface area contributed by atoms with Crippen molar-refractivity contribution in [3.63, 3.8) is 0 Å². The van der Waals surface area contributed by atoms with Gasteiger partial charge in [0.25, 0.3) is 0 Å². The molecule has 0 amide bonds. The minimum absolute atomic E-state index is 0.161. The van der Waals surface area contributed by atoms with Crippen LogP contribution in [-0.2, 0) is 6.54 Å². The van der Waals surface area contributed by atoms with Crippen molar-refractivity contribution in [2.45, 2.75) is 31.9 Å². The minimum Gasteiger partial charge on any atom is -0.406 e. The van der Waals surface area contributed by atoms with Crippen LogP contribution in [0.15, 0.2) is 24.3 Å². The van der Waals surface area contributed by atoms with Gasteiger partial charge in [-0.05, 0) is 43.0 Å². The molecule has 1 saturated carbocycles. The number of halogens is 3. The Kier molecular flexibility index (Phi) is 4.31. The molecule has 0 spiro atoms. The summed E-state index contributed by atoms with van der Waals surface area (Å²) in [4.78, 5) is 0. The lowest BCUT2D eigenvalue weighted by atomic mass is 9.82. The molecule has 0 heterocycles. The number of hydrogen-bond acceptors (Lipinski definition) is 3. The smallest absolute Gasteiger partial charge is 0.406 e. The average Bonchev–Trinajstić information content (AvgIpc) is 2.27. The lowest BCUT2D eigenvalue weighted by molar-refractivity contribution is -0.274. The zero-order valence-corrected chi connectivity index (χ0v) is 10.3. The molecule has 0 saturated heterocycles. The van der Waals surface area contributed by atoms with Crippen LogP contribution in [0.5, 0.6) is 5.75 Å². The molecule has 0 unspecified atom stereocenters. The Morgan fingerprint density at radius 1 is 1.21 bits per heavy atom. The van der Waals surface area contributed by atoms with E-state index in [1.54, 1.807) is 12.1 Å². The van der Waals surface area contributed by atoms with Crippen molar-refractivity contribution in [3.05, 3.63) is 29.8 Å². The van der Waals surface area contributed by atoms with Gasteiger partial charge in [-0.3, -0.25) is 0 Å². The second kappa shape index (κ2) is 5.79. The molecular formula is C13H16F3NO2. The summed E-state index contributed by atoms with van der Waals surface area (Å²) >= 11 is 0. The first-order valence-corrected chi connectivity index (χ1v) is 6.16. The van der Waals surface area contributed by atoms with Crippen LogP contribution in [0, 0.1) is 5.92 Å². The van der Waals surface area contributed by atoms with Gasteiger partial charge in [-0.25, -0.2) is 0 Å². The quantitative estimate of drug-likeness (QED) is 0.867. The SMILES string of the molecule is OC1CC(CNCc2ccc(OC(F)(F)F)cc2)C1. The van der Waals surface area contributed by atoms with E-state index in [0.29, 0.717) is 12.5 Å². The van der Waals surface area contributed by atoms with Gasteiger partial charge in [0, 0.05) is 6.54 Å². The third kappa shape index (κ3) is 4.72. The summed E-state index contributed by atoms with van der Waals surface area (Å²) in [5.74, 6) is 0.293. The van der Waals surface area contributed by atoms with Gasteiger partial charge in [-0.1, -0.05) is 12.1 Å². The summed E-state index contributed by atoms with van der Waals surface area (Å²) in [6.45, 7) is 1.41. The summed E-state index contributed by atoms with van der Waals surface area (Å²) in [6, 6.07) is 5.81. The highest BCUT2D eigenvalue weighted by Gasteiger charge is 2.31. The maximum absolute atomic E-state index is 12.0. The molecule has 0 radical (unpaired) electrons. The second-order valence-electron chi connectivity index (χ2n) is 4.81. The third-order valence-electron chi connectivity index (χ3n) is 3.13. The molecule has 1 fully saturated rings. The number of aliphatic hydroxyl groups excluding tert-OH is 1. The first kappa shape index (κ1) is 14.1. The fourth-order valence-corrected chi connectivity index (χ4v) is 2.10. The molecule has 6 heteroatoms. The number of ether oxygens (including phenoxy) is 1. The normalized spacial score (nSPS) is 22.9. The molecule has 1 aliphatic rings. The number of benzene rings is 1. The Morgan fingerprint density at radius 2 is 1.84 bits per heavy atom. The third-order valence-corrected chi connectivity index (χ3v) is 3.13. The fourth-order valence-electron chi connectivity index (χ4n) is 2.10. The first-order chi connectivity index (χ1) is 8.92. The monoisotopic (exact) mass is 275 g/mol. The summed E-state index contributed by atoms with van der Waals surface area (Å²) in [6.07, 6.45) is -3.16. The van der Waals surface area contributed by atoms with E-state index in [9.17, 15) is 13.2 Å². The number of alkyl halides is 3. The molecule has 106 valence electrons. The molecule has 2 N–H and O–H groups in total. The van der Waals surface area contributed by atoms with Crippen molar-refractivity contribution in [3.8, 4) is 5.75 Å². The molecule has 19 heavy (non-hydrogen) atoms. The molecule has 3 nitrogen and oxygen atoms in total. The zero-order chi connectivity index (χ0) is 13.9. The Morgan fingerprint density at radius 3 is 2.37 bits per heavy atom. The van der Waals surface area contributed by atoms with Crippen LogP contribution in [0.4, 0.5) is 13.2 Å². The minimum atomic E-state index is -4.65. The summed E-state index contributed by atoms with van der Waals surface area (Å²) in [5, 5.41) is 12.3. The summed E-state index contributed by atoms with van der Waals surface area (Å²) in [5.41, 5.74) is 0.898. The lowest BCUT2D eigenvalue weighted by Crippen LogP contribution is -2.35. The van der Waals surface area contributed by atoms with Gasteiger partial charge in [0.15, 0.2) is 0 Å². The molecule has 1 aromatic rings. The standard InChI is InChI=1S/C13H16F3NO2/c14-13(15,16)19-12-3-1-9(2-4-12)7-17-8-10-5-11(18)6-10/h1-4,10-11,17-18H,5-8H2. The van der Waals surface area contributed by atoms with Gasteiger partial charge in [0.1, 0.15) is 5.75 Å². The van der Waals surface area contributed by atoms with Gasteiger partial charge >= 0.3 is 6.36 Å². The second-order valence-corrected chi connectivity index (χ2v) is 4.81. The van der Waals surface area contributed by atoms with Crippen molar-refractivity contribution in [2.24, 2.45) is 5.92 Å². The van der Waals surface area contributed by atoms with Crippen LogP contribution < -0.4 is 10.1 Å². The van der Waals surface area contributed by atoms with Crippen LogP contribution in [0.25, 0.3) is 0 Å². The molecule has 1 aromatic carbocycles. The van der Waals surface area contributed by atoms with E-state index in [1.807, 2.05) is 0 Å². The fraction of sp³-hybridized carbons (Fsp3) is 0.538. The molecule has 0 atom stereocenters. The van der Waals surface area contributed by atoms with Crippen molar-refractivity contribution >= 4 is 0 Å². The topological polar surface area (TPSA) is 41.5 Å². The van der Waals surface area contributed by atoms with Gasteiger partial charge in [0.05, 0.1) is 6.10 Å². The van der Waals surface area contributed by atoms with E-state index in [4.69, 9.17) is 5.11 Å². The van der Waals surface area contributed by atoms with E-state index < -0.39 is 6.36 Å². The lowest BCUT2D eigenvalue weighted by Gasteiger charge is -2.31. The van der Waals surface area contributed by atoms with Gasteiger partial charge in [0.2, 0.25) is 0 Å². The van der Waals surface area contributed by atoms with Crippen LogP contribution in [0.1, 0.15) is 18.4 Å². The molecule has 0 aliphatic heterocycles. The van der Waals surface area contributed by atoms with Gasteiger partial charge in [-0.2, -0.15) is 0 Å². The van der Waals surface area contributed by atoms with Crippen LogP contribution in [-0.4, -0.2) is 24.1 Å². The maximum Gasteiger partial charge on any atom is 0.573 e. The molecule has 1 aliphatic carbocycles. The Hall–Kier alpha value is -1.27. The van der Waals surface area contributed by atoms with Crippen LogP contribution in [0.2, 0.25) is 0 Å². The van der Waals surface area contributed by atoms with E-state index in [-0.39, 0.29) is 11.9 Å². The molecule has 0 aromatic heterocycles. The van der Waals surface area contributed by atoms with Crippen molar-refractivity contribution < 1.29 is 23.0 Å². The van der Waals surface area contributed by atoms with Gasteiger partial charge in [-0.15, -0.1) is 13.2 Å². The number of nitrogens with one attached hydrogen (secondary N) is 1. The van der Waals surface area contributed by atoms with Crippen molar-refractivity contribution in [1.82, 2.24) is 5.32 Å². The Bertz CT molecular complexity index is 399. The van der Waals surface area contributed by atoms with Crippen LogP contribution >= 0.6 is 0 Å². The maximum atomic E-state index is 12.0. The first-order valence-electron chi connectivity index (χ1n) is 6.16. The Balaban J connectivity index is 1.72. The largest absolute Gasteiger partial charge is 0.573 e. The van der Waals surface area contributed by atoms with E-state index in [2.05, 4.69) is 10.1 Å². The van der Waals surface area contributed by atoms with Crippen molar-refractivity contribution in [2.75, 3.05) is 6.54 Å². The number of aliphatic hydroxyl groups is 1. The highest BCUT2D eigenvalue weighted by Crippen LogP contribution is 2.26. The molecule has 2 rings (SSSR count). The summed E-state index contributed by atoms with van der Waals surface area (Å²) in [7, 11) is 0. The number of rotatable bonds is 5. The van der Waals surface area contributed by atoms with E-state index >= 15 is 0 Å².